The molecule has 0 aromatic heterocycles. The fraction of sp³-hybridized carbons (Fsp3) is 0.200. The van der Waals surface area contributed by atoms with Crippen LogP contribution in [-0.2, 0) is 17.5 Å². The molecule has 0 aliphatic carbocycles. The summed E-state index contributed by atoms with van der Waals surface area (Å²) in [6.07, 6.45) is -3.42. The predicted molar refractivity (Wildman–Crippen MR) is 103 cm³/mol. The Balaban J connectivity index is 2.21. The Morgan fingerprint density at radius 2 is 1.93 bits per heavy atom. The van der Waals surface area contributed by atoms with E-state index < -0.39 is 22.7 Å². The highest BCUT2D eigenvalue weighted by Crippen LogP contribution is 2.36. The second kappa shape index (κ2) is 9.96. The Kier molecular flexibility index (Phi) is 7.65. The van der Waals surface area contributed by atoms with Gasteiger partial charge in [-0.15, -0.1) is 0 Å². The number of aliphatic hydroxyl groups is 1. The number of rotatable bonds is 7. The van der Waals surface area contributed by atoms with Crippen LogP contribution < -0.4 is 5.32 Å². The van der Waals surface area contributed by atoms with Gasteiger partial charge in [-0.25, -0.2) is 0 Å². The van der Waals surface area contributed by atoms with Crippen LogP contribution in [0.1, 0.15) is 11.1 Å². The van der Waals surface area contributed by atoms with Crippen LogP contribution in [0.4, 0.5) is 18.9 Å². The topological polar surface area (TPSA) is 76.4 Å². The second-order valence-corrected chi connectivity index (χ2v) is 6.39. The van der Waals surface area contributed by atoms with Gasteiger partial charge in [0.15, 0.2) is 0 Å². The lowest BCUT2D eigenvalue weighted by molar-refractivity contribution is -0.137. The van der Waals surface area contributed by atoms with E-state index in [0.29, 0.717) is 12.6 Å². The van der Waals surface area contributed by atoms with Gasteiger partial charge >= 0.3 is 6.18 Å². The molecule has 0 saturated carbocycles. The van der Waals surface area contributed by atoms with Gasteiger partial charge in [0, 0.05) is 25.0 Å². The van der Waals surface area contributed by atoms with Crippen molar-refractivity contribution in [2.75, 3.05) is 18.5 Å². The molecule has 29 heavy (non-hydrogen) atoms. The third-order valence-electron chi connectivity index (χ3n) is 3.82. The third-order valence-corrected chi connectivity index (χ3v) is 4.15. The molecule has 5 nitrogen and oxygen atoms in total. The van der Waals surface area contributed by atoms with Crippen molar-refractivity contribution in [2.24, 2.45) is 0 Å². The molecule has 0 aliphatic heterocycles. The van der Waals surface area contributed by atoms with Gasteiger partial charge in [0.2, 0.25) is 0 Å². The molecule has 0 spiro atoms. The average molecular weight is 424 g/mol. The molecule has 0 radical (unpaired) electrons. The van der Waals surface area contributed by atoms with E-state index in [4.69, 9.17) is 11.6 Å². The van der Waals surface area contributed by atoms with Crippen molar-refractivity contribution in [2.45, 2.75) is 12.7 Å². The first kappa shape index (κ1) is 22.3. The maximum Gasteiger partial charge on any atom is 0.417 e. The Morgan fingerprint density at radius 1 is 1.24 bits per heavy atom. The molecule has 0 atom stereocenters. The van der Waals surface area contributed by atoms with E-state index in [1.54, 1.807) is 11.0 Å². The second-order valence-electron chi connectivity index (χ2n) is 5.98. The van der Waals surface area contributed by atoms with Crippen molar-refractivity contribution in [3.05, 3.63) is 76.5 Å². The third kappa shape index (κ3) is 6.52. The Labute approximate surface area is 170 Å². The maximum absolute atomic E-state index is 13.0. The van der Waals surface area contributed by atoms with Crippen LogP contribution in [0.15, 0.2) is 60.3 Å². The zero-order valence-electron chi connectivity index (χ0n) is 15.1. The number of halogens is 4. The quantitative estimate of drug-likeness (QED) is 0.517. The fourth-order valence-electron chi connectivity index (χ4n) is 2.48. The van der Waals surface area contributed by atoms with Gasteiger partial charge in [-0.1, -0.05) is 41.9 Å². The van der Waals surface area contributed by atoms with Gasteiger partial charge in [0.05, 0.1) is 17.2 Å². The van der Waals surface area contributed by atoms with Crippen molar-refractivity contribution < 1.29 is 23.1 Å². The van der Waals surface area contributed by atoms with Crippen LogP contribution in [0.5, 0.6) is 0 Å². The Hall–Kier alpha value is -3.02. The van der Waals surface area contributed by atoms with Crippen molar-refractivity contribution >= 4 is 23.2 Å². The molecule has 0 fully saturated rings. The van der Waals surface area contributed by atoms with E-state index in [1.807, 2.05) is 30.3 Å². The number of carbonyl (C=O) groups excluding carboxylic acids is 1. The normalized spacial score (nSPS) is 11.7. The molecule has 0 unspecified atom stereocenters. The zero-order valence-corrected chi connectivity index (χ0v) is 15.8. The van der Waals surface area contributed by atoms with Crippen LogP contribution in [0.25, 0.3) is 0 Å². The summed E-state index contributed by atoms with van der Waals surface area (Å²) < 4.78 is 38.9. The first-order valence-corrected chi connectivity index (χ1v) is 8.81. The van der Waals surface area contributed by atoms with Crippen LogP contribution in [0.2, 0.25) is 5.02 Å². The van der Waals surface area contributed by atoms with E-state index in [2.05, 4.69) is 5.32 Å². The van der Waals surface area contributed by atoms with Crippen LogP contribution >= 0.6 is 11.6 Å². The number of alkyl halides is 3. The monoisotopic (exact) mass is 423 g/mol. The summed E-state index contributed by atoms with van der Waals surface area (Å²) in [5.74, 6) is -0.876. The minimum Gasteiger partial charge on any atom is -0.395 e. The number of aliphatic hydroxyl groups excluding tert-OH is 1. The lowest BCUT2D eigenvalue weighted by Gasteiger charge is -2.20. The molecule has 2 aromatic rings. The van der Waals surface area contributed by atoms with Crippen molar-refractivity contribution in [3.63, 3.8) is 0 Å². The van der Waals surface area contributed by atoms with Gasteiger partial charge in [-0.05, 0) is 23.8 Å². The SMILES string of the molecule is N#C/C(=C/N(CCO)Cc1ccccc1)C(=O)Nc1ccc(Cl)c(C(F)(F)F)c1. The number of nitrogens with zero attached hydrogens (tertiary/aromatic N) is 2. The zero-order chi connectivity index (χ0) is 21.4. The molecule has 9 heteroatoms. The summed E-state index contributed by atoms with van der Waals surface area (Å²) in [6, 6.07) is 13.8. The fourth-order valence-corrected chi connectivity index (χ4v) is 2.70. The number of hydrogen-bond donors (Lipinski definition) is 2. The summed E-state index contributed by atoms with van der Waals surface area (Å²) >= 11 is 5.56. The van der Waals surface area contributed by atoms with Crippen molar-refractivity contribution in [1.82, 2.24) is 4.90 Å². The Bertz CT molecular complexity index is 925. The Morgan fingerprint density at radius 3 is 2.52 bits per heavy atom. The molecule has 152 valence electrons. The average Bonchev–Trinajstić information content (AvgIpc) is 2.67. The van der Waals surface area contributed by atoms with Gasteiger partial charge in [-0.2, -0.15) is 18.4 Å². The van der Waals surface area contributed by atoms with Gasteiger partial charge in [0.1, 0.15) is 11.6 Å². The molecular formula is C20H17ClF3N3O2. The minimum absolute atomic E-state index is 0.148. The largest absolute Gasteiger partial charge is 0.417 e. The molecule has 2 rings (SSSR count). The highest BCUT2D eigenvalue weighted by atomic mass is 35.5. The van der Waals surface area contributed by atoms with Gasteiger partial charge in [0.25, 0.3) is 5.91 Å². The summed E-state index contributed by atoms with van der Waals surface area (Å²) in [5.41, 5.74) is -0.671. The van der Waals surface area contributed by atoms with Crippen molar-refractivity contribution in [3.8, 4) is 6.07 Å². The molecule has 0 saturated heterocycles. The first-order valence-electron chi connectivity index (χ1n) is 8.43. The molecule has 0 aliphatic rings. The van der Waals surface area contributed by atoms with Crippen LogP contribution in [0.3, 0.4) is 0 Å². The number of nitrogens with one attached hydrogen (secondary N) is 1. The summed E-state index contributed by atoms with van der Waals surface area (Å²) in [6.45, 7) is 0.279. The predicted octanol–water partition coefficient (Wildman–Crippen LogP) is 4.20. The molecule has 2 aromatic carbocycles. The van der Waals surface area contributed by atoms with Gasteiger partial charge < -0.3 is 15.3 Å². The van der Waals surface area contributed by atoms with E-state index >= 15 is 0 Å². The highest BCUT2D eigenvalue weighted by Gasteiger charge is 2.33. The minimum atomic E-state index is -4.68. The maximum atomic E-state index is 13.0. The smallest absolute Gasteiger partial charge is 0.395 e. The van der Waals surface area contributed by atoms with Gasteiger partial charge in [-0.3, -0.25) is 4.79 Å². The molecule has 1 amide bonds. The number of hydrogen-bond acceptors (Lipinski definition) is 4. The lowest BCUT2D eigenvalue weighted by Crippen LogP contribution is -2.24. The highest BCUT2D eigenvalue weighted by molar-refractivity contribution is 6.31. The number of benzene rings is 2. The first-order chi connectivity index (χ1) is 13.7. The number of nitriles is 1. The van der Waals surface area contributed by atoms with E-state index in [9.17, 15) is 28.3 Å². The van der Waals surface area contributed by atoms with E-state index in [0.717, 1.165) is 11.6 Å². The number of carbonyl (C=O) groups is 1. The van der Waals surface area contributed by atoms with Crippen LogP contribution in [-0.4, -0.2) is 29.1 Å². The van der Waals surface area contributed by atoms with Crippen molar-refractivity contribution in [1.29, 1.82) is 5.26 Å². The number of anilines is 1. The lowest BCUT2D eigenvalue weighted by atomic mass is 10.1. The van der Waals surface area contributed by atoms with E-state index in [1.165, 1.54) is 12.3 Å². The number of amides is 1. The van der Waals surface area contributed by atoms with Crippen LogP contribution in [0, 0.1) is 11.3 Å². The summed E-state index contributed by atoms with van der Waals surface area (Å²) in [7, 11) is 0. The summed E-state index contributed by atoms with van der Waals surface area (Å²) in [4.78, 5) is 13.9. The summed E-state index contributed by atoms with van der Waals surface area (Å²) in [5, 5.41) is 20.3. The molecule has 0 bridgehead atoms. The standard InChI is InChI=1S/C20H17ClF3N3O2/c21-18-7-6-16(10-17(18)20(22,23)24)26-19(29)15(11-25)13-27(8-9-28)12-14-4-2-1-3-5-14/h1-7,10,13,28H,8-9,12H2,(H,26,29)/b15-13-. The molecule has 2 N–H and O–H groups in total. The molecular weight excluding hydrogens is 407 g/mol. The van der Waals surface area contributed by atoms with E-state index in [-0.39, 0.29) is 24.4 Å². The molecule has 0 heterocycles.